The molecule has 2 aliphatic rings. The summed E-state index contributed by atoms with van der Waals surface area (Å²) in [6.07, 6.45) is 4.67. The van der Waals surface area contributed by atoms with E-state index < -0.39 is 0 Å². The molecule has 7 nitrogen and oxygen atoms in total. The Kier molecular flexibility index (Phi) is 4.17. The van der Waals surface area contributed by atoms with Crippen LogP contribution < -0.4 is 5.56 Å². The van der Waals surface area contributed by atoms with Gasteiger partial charge < -0.3 is 4.90 Å². The van der Waals surface area contributed by atoms with Gasteiger partial charge in [0.1, 0.15) is 0 Å². The molecule has 1 aliphatic carbocycles. The Morgan fingerprint density at radius 3 is 2.81 bits per heavy atom. The smallest absolute Gasteiger partial charge is 0.266 e. The van der Waals surface area contributed by atoms with Crippen molar-refractivity contribution in [1.82, 2.24) is 24.5 Å². The Morgan fingerprint density at radius 1 is 1.35 bits per heavy atom. The van der Waals surface area contributed by atoms with Crippen molar-refractivity contribution in [2.24, 2.45) is 13.0 Å². The van der Waals surface area contributed by atoms with Crippen LogP contribution >= 0.6 is 0 Å². The van der Waals surface area contributed by atoms with Crippen LogP contribution in [-0.4, -0.2) is 36.9 Å². The molecule has 0 bridgehead atoms. The van der Waals surface area contributed by atoms with Crippen LogP contribution in [-0.2, 0) is 26.6 Å². The predicted molar refractivity (Wildman–Crippen MR) is 97.0 cm³/mol. The summed E-state index contributed by atoms with van der Waals surface area (Å²) in [5, 5.41) is 8.83. The molecule has 0 spiro atoms. The zero-order valence-corrected chi connectivity index (χ0v) is 15.6. The SMILES string of the molecule is CC(C)Cn1ncc(C(=O)N2CCc3nn(C)c(=O)cc3C2)c1C1CC1. The Bertz CT molecular complexity index is 907. The number of hydrogen-bond donors (Lipinski definition) is 0. The lowest BCUT2D eigenvalue weighted by Crippen LogP contribution is -2.38. The summed E-state index contributed by atoms with van der Waals surface area (Å²) in [6, 6.07) is 1.60. The fraction of sp³-hybridized carbons (Fsp3) is 0.579. The van der Waals surface area contributed by atoms with Crippen LogP contribution in [0.4, 0.5) is 0 Å². The van der Waals surface area contributed by atoms with Crippen molar-refractivity contribution in [3.8, 4) is 0 Å². The lowest BCUT2D eigenvalue weighted by molar-refractivity contribution is 0.0731. The Morgan fingerprint density at radius 2 is 2.12 bits per heavy atom. The maximum atomic E-state index is 13.2. The van der Waals surface area contributed by atoms with E-state index in [2.05, 4.69) is 24.0 Å². The van der Waals surface area contributed by atoms with Gasteiger partial charge in [-0.15, -0.1) is 0 Å². The molecule has 0 unspecified atom stereocenters. The highest BCUT2D eigenvalue weighted by Crippen LogP contribution is 2.42. The highest BCUT2D eigenvalue weighted by molar-refractivity contribution is 5.95. The molecule has 0 N–H and O–H groups in total. The minimum Gasteiger partial charge on any atom is -0.334 e. The molecule has 0 saturated heterocycles. The molecule has 7 heteroatoms. The number of nitrogens with zero attached hydrogens (tertiary/aromatic N) is 5. The van der Waals surface area contributed by atoms with E-state index in [0.717, 1.165) is 41.9 Å². The van der Waals surface area contributed by atoms with E-state index >= 15 is 0 Å². The van der Waals surface area contributed by atoms with Gasteiger partial charge in [-0.3, -0.25) is 14.3 Å². The van der Waals surface area contributed by atoms with Gasteiger partial charge in [0.25, 0.3) is 11.5 Å². The van der Waals surface area contributed by atoms with Gasteiger partial charge in [-0.05, 0) is 18.8 Å². The average molecular weight is 355 g/mol. The van der Waals surface area contributed by atoms with E-state index in [9.17, 15) is 9.59 Å². The summed E-state index contributed by atoms with van der Waals surface area (Å²) in [6.45, 7) is 6.22. The summed E-state index contributed by atoms with van der Waals surface area (Å²) in [7, 11) is 1.66. The Hall–Kier alpha value is -2.44. The zero-order chi connectivity index (χ0) is 18.4. The molecule has 1 amide bonds. The van der Waals surface area contributed by atoms with Gasteiger partial charge >= 0.3 is 0 Å². The van der Waals surface area contributed by atoms with Crippen molar-refractivity contribution in [2.45, 2.75) is 52.1 Å². The molecule has 138 valence electrons. The molecule has 1 aliphatic heterocycles. The fourth-order valence-electron chi connectivity index (χ4n) is 3.68. The third-order valence-electron chi connectivity index (χ3n) is 5.14. The second-order valence-corrected chi connectivity index (χ2v) is 7.85. The minimum absolute atomic E-state index is 0.0215. The van der Waals surface area contributed by atoms with Gasteiger partial charge in [-0.1, -0.05) is 13.8 Å². The summed E-state index contributed by atoms with van der Waals surface area (Å²) < 4.78 is 3.38. The normalized spacial score (nSPS) is 16.8. The molecule has 0 atom stereocenters. The van der Waals surface area contributed by atoms with E-state index in [-0.39, 0.29) is 11.5 Å². The van der Waals surface area contributed by atoms with Crippen molar-refractivity contribution in [2.75, 3.05) is 6.54 Å². The van der Waals surface area contributed by atoms with Crippen LogP contribution in [0.25, 0.3) is 0 Å². The third kappa shape index (κ3) is 3.06. The molecule has 0 radical (unpaired) electrons. The number of rotatable bonds is 4. The van der Waals surface area contributed by atoms with Crippen molar-refractivity contribution in [1.29, 1.82) is 0 Å². The maximum absolute atomic E-state index is 13.2. The van der Waals surface area contributed by atoms with E-state index in [1.165, 1.54) is 4.68 Å². The van der Waals surface area contributed by atoms with Gasteiger partial charge in [0.05, 0.1) is 23.1 Å². The van der Waals surface area contributed by atoms with E-state index in [1.54, 1.807) is 19.3 Å². The molecule has 3 heterocycles. The first kappa shape index (κ1) is 17.0. The number of carbonyl (C=O) groups excluding carboxylic acids is 1. The summed E-state index contributed by atoms with van der Waals surface area (Å²) in [5.41, 5.74) is 3.45. The largest absolute Gasteiger partial charge is 0.334 e. The third-order valence-corrected chi connectivity index (χ3v) is 5.14. The van der Waals surface area contributed by atoms with E-state index in [1.807, 2.05) is 9.58 Å². The summed E-state index contributed by atoms with van der Waals surface area (Å²) in [4.78, 5) is 26.9. The first-order chi connectivity index (χ1) is 12.4. The number of aromatic nitrogens is 4. The molecule has 0 aromatic carbocycles. The van der Waals surface area contributed by atoms with Crippen LogP contribution in [0, 0.1) is 5.92 Å². The van der Waals surface area contributed by atoms with Crippen LogP contribution in [0.1, 0.15) is 59.9 Å². The molecule has 26 heavy (non-hydrogen) atoms. The maximum Gasteiger partial charge on any atom is 0.266 e. The topological polar surface area (TPSA) is 73.0 Å². The number of carbonyl (C=O) groups is 1. The van der Waals surface area contributed by atoms with Crippen LogP contribution in [0.3, 0.4) is 0 Å². The number of fused-ring (bicyclic) bond motifs is 1. The Balaban J connectivity index is 1.61. The van der Waals surface area contributed by atoms with Crippen LogP contribution in [0.15, 0.2) is 17.1 Å². The first-order valence-electron chi connectivity index (χ1n) is 9.35. The molecule has 2 aromatic rings. The van der Waals surface area contributed by atoms with Gasteiger partial charge in [0.15, 0.2) is 0 Å². The highest BCUT2D eigenvalue weighted by Gasteiger charge is 2.34. The Labute approximate surface area is 152 Å². The van der Waals surface area contributed by atoms with Crippen molar-refractivity contribution in [3.63, 3.8) is 0 Å². The molecular weight excluding hydrogens is 330 g/mol. The second kappa shape index (κ2) is 6.37. The second-order valence-electron chi connectivity index (χ2n) is 7.85. The molecule has 1 saturated carbocycles. The summed E-state index contributed by atoms with van der Waals surface area (Å²) >= 11 is 0. The molecule has 4 rings (SSSR count). The average Bonchev–Trinajstić information content (AvgIpc) is 3.35. The van der Waals surface area contributed by atoms with Crippen LogP contribution in [0.2, 0.25) is 0 Å². The number of hydrogen-bond acceptors (Lipinski definition) is 4. The number of aryl methyl sites for hydroxylation is 1. The van der Waals surface area contributed by atoms with Crippen molar-refractivity contribution < 1.29 is 4.79 Å². The fourth-order valence-corrected chi connectivity index (χ4v) is 3.68. The van der Waals surface area contributed by atoms with Gasteiger partial charge in [0.2, 0.25) is 0 Å². The predicted octanol–water partition coefficient (Wildman–Crippen LogP) is 1.71. The lowest BCUT2D eigenvalue weighted by atomic mass is 10.0. The first-order valence-corrected chi connectivity index (χ1v) is 9.35. The standard InChI is InChI=1S/C19H25N5O2/c1-12(2)10-24-18(13-4-5-13)15(9-20-24)19(26)23-7-6-16-14(11-23)8-17(25)22(3)21-16/h8-9,12-13H,4-7,10-11H2,1-3H3. The number of amides is 1. The quantitative estimate of drug-likeness (QED) is 0.837. The minimum atomic E-state index is -0.138. The monoisotopic (exact) mass is 355 g/mol. The summed E-state index contributed by atoms with van der Waals surface area (Å²) in [5.74, 6) is 0.967. The van der Waals surface area contributed by atoms with E-state index in [4.69, 9.17) is 0 Å². The molecule has 2 aromatic heterocycles. The van der Waals surface area contributed by atoms with Gasteiger partial charge in [-0.2, -0.15) is 10.2 Å². The van der Waals surface area contributed by atoms with Gasteiger partial charge in [-0.25, -0.2) is 4.68 Å². The molecular formula is C19H25N5O2. The zero-order valence-electron chi connectivity index (χ0n) is 15.6. The van der Waals surface area contributed by atoms with Crippen molar-refractivity contribution in [3.05, 3.63) is 45.1 Å². The van der Waals surface area contributed by atoms with E-state index in [0.29, 0.717) is 31.3 Å². The highest BCUT2D eigenvalue weighted by atomic mass is 16.2. The lowest BCUT2D eigenvalue weighted by Gasteiger charge is -2.28. The van der Waals surface area contributed by atoms with Crippen molar-refractivity contribution >= 4 is 5.91 Å². The van der Waals surface area contributed by atoms with Gasteiger partial charge in [0, 0.05) is 50.7 Å². The van der Waals surface area contributed by atoms with Crippen LogP contribution in [0.5, 0.6) is 0 Å². The molecule has 1 fully saturated rings.